The van der Waals surface area contributed by atoms with E-state index in [4.69, 9.17) is 0 Å². The molecule has 0 amide bonds. The summed E-state index contributed by atoms with van der Waals surface area (Å²) in [7, 11) is 0. The van der Waals surface area contributed by atoms with Crippen molar-refractivity contribution in [3.63, 3.8) is 0 Å². The van der Waals surface area contributed by atoms with Crippen molar-refractivity contribution >= 4 is 5.78 Å². The van der Waals surface area contributed by atoms with Crippen molar-refractivity contribution in [2.45, 2.75) is 52.9 Å². The van der Waals surface area contributed by atoms with E-state index in [9.17, 15) is 15.0 Å². The standard InChI is InChI=1S/C20H28O3/c1-17(2)10-13(22)16(23)18(3)14(17)5-7-20-9-8-19(11-20,12-21)6-4-15(18)20/h8-10,14-15,21-22H,4-7,11-12H2,1-3H3/t14-,15+,18-,19+,20+/m1/s1. The maximum atomic E-state index is 13.1. The molecule has 0 aromatic carbocycles. The number of hydrogen-bond donors (Lipinski definition) is 2. The van der Waals surface area contributed by atoms with Crippen LogP contribution in [-0.4, -0.2) is 22.6 Å². The first-order valence-corrected chi connectivity index (χ1v) is 8.97. The molecular weight excluding hydrogens is 288 g/mol. The van der Waals surface area contributed by atoms with Crippen molar-refractivity contribution in [2.75, 3.05) is 6.61 Å². The smallest absolute Gasteiger partial charge is 0.203 e. The van der Waals surface area contributed by atoms with E-state index in [2.05, 4.69) is 32.9 Å². The molecule has 0 heterocycles. The second kappa shape index (κ2) is 4.30. The number of hydrogen-bond acceptors (Lipinski definition) is 3. The molecule has 126 valence electrons. The van der Waals surface area contributed by atoms with Crippen LogP contribution in [0.5, 0.6) is 0 Å². The van der Waals surface area contributed by atoms with Gasteiger partial charge in [-0.2, -0.15) is 0 Å². The molecule has 1 spiro atoms. The number of aliphatic hydroxyl groups excluding tert-OH is 2. The van der Waals surface area contributed by atoms with Crippen molar-refractivity contribution in [1.82, 2.24) is 0 Å². The minimum absolute atomic E-state index is 0.0354. The molecule has 3 nitrogen and oxygen atoms in total. The lowest BCUT2D eigenvalue weighted by Crippen LogP contribution is -2.60. The lowest BCUT2D eigenvalue weighted by molar-refractivity contribution is -0.159. The lowest BCUT2D eigenvalue weighted by atomic mass is 9.41. The molecule has 23 heavy (non-hydrogen) atoms. The average Bonchev–Trinajstić information content (AvgIpc) is 2.77. The van der Waals surface area contributed by atoms with Gasteiger partial charge in [-0.15, -0.1) is 0 Å². The fourth-order valence-corrected chi connectivity index (χ4v) is 6.89. The van der Waals surface area contributed by atoms with E-state index < -0.39 is 5.41 Å². The number of carbonyl (C=O) groups is 1. The zero-order chi connectivity index (χ0) is 16.7. The summed E-state index contributed by atoms with van der Waals surface area (Å²) in [4.78, 5) is 13.1. The largest absolute Gasteiger partial charge is 0.505 e. The molecular formula is C20H28O3. The number of allylic oxidation sites excluding steroid dienone is 3. The number of rotatable bonds is 1. The van der Waals surface area contributed by atoms with E-state index >= 15 is 0 Å². The van der Waals surface area contributed by atoms with Gasteiger partial charge in [0, 0.05) is 10.8 Å². The summed E-state index contributed by atoms with van der Waals surface area (Å²) >= 11 is 0. The number of aliphatic hydroxyl groups is 2. The van der Waals surface area contributed by atoms with Crippen molar-refractivity contribution in [1.29, 1.82) is 0 Å². The summed E-state index contributed by atoms with van der Waals surface area (Å²) < 4.78 is 0. The monoisotopic (exact) mass is 316 g/mol. The summed E-state index contributed by atoms with van der Waals surface area (Å²) in [6.07, 6.45) is 11.3. The molecule has 0 unspecified atom stereocenters. The molecule has 0 aromatic rings. The highest BCUT2D eigenvalue weighted by Gasteiger charge is 2.66. The fourth-order valence-electron chi connectivity index (χ4n) is 6.89. The maximum Gasteiger partial charge on any atom is 0.203 e. The van der Waals surface area contributed by atoms with Crippen LogP contribution in [0.25, 0.3) is 0 Å². The Morgan fingerprint density at radius 1 is 1.13 bits per heavy atom. The molecule has 4 aliphatic rings. The second-order valence-corrected chi connectivity index (χ2v) is 9.41. The summed E-state index contributed by atoms with van der Waals surface area (Å²) in [6, 6.07) is 0. The van der Waals surface area contributed by atoms with Crippen LogP contribution >= 0.6 is 0 Å². The molecule has 4 rings (SSSR count). The Morgan fingerprint density at radius 2 is 1.83 bits per heavy atom. The summed E-state index contributed by atoms with van der Waals surface area (Å²) in [5, 5.41) is 20.2. The Labute approximate surface area is 138 Å². The van der Waals surface area contributed by atoms with Gasteiger partial charge in [-0.3, -0.25) is 4.79 Å². The van der Waals surface area contributed by atoms with Gasteiger partial charge in [0.05, 0.1) is 6.61 Å². The highest BCUT2D eigenvalue weighted by atomic mass is 16.3. The van der Waals surface area contributed by atoms with Crippen LogP contribution in [0.2, 0.25) is 0 Å². The summed E-state index contributed by atoms with van der Waals surface area (Å²) in [6.45, 7) is 6.63. The minimum atomic E-state index is -0.489. The van der Waals surface area contributed by atoms with E-state index in [1.165, 1.54) is 0 Å². The van der Waals surface area contributed by atoms with Crippen LogP contribution in [0.15, 0.2) is 24.0 Å². The van der Waals surface area contributed by atoms with Crippen molar-refractivity contribution < 1.29 is 15.0 Å². The van der Waals surface area contributed by atoms with Crippen LogP contribution in [0, 0.1) is 33.5 Å². The molecule has 0 saturated heterocycles. The quantitative estimate of drug-likeness (QED) is 0.724. The Bertz CT molecular complexity index is 631. The van der Waals surface area contributed by atoms with Gasteiger partial charge in [0.2, 0.25) is 5.78 Å². The van der Waals surface area contributed by atoms with E-state index in [-0.39, 0.29) is 46.2 Å². The van der Waals surface area contributed by atoms with Gasteiger partial charge >= 0.3 is 0 Å². The van der Waals surface area contributed by atoms with E-state index in [1.807, 2.05) is 0 Å². The average molecular weight is 316 g/mol. The molecule has 2 fully saturated rings. The number of Topliss-reactive ketones (excluding diaryl/α,β-unsaturated/α-hetero) is 1. The fraction of sp³-hybridized carbons (Fsp3) is 0.750. The van der Waals surface area contributed by atoms with Crippen molar-refractivity contribution in [3.05, 3.63) is 24.0 Å². The van der Waals surface area contributed by atoms with Crippen LogP contribution in [0.3, 0.4) is 0 Å². The molecule has 3 heteroatoms. The van der Waals surface area contributed by atoms with E-state index in [0.717, 1.165) is 32.1 Å². The van der Waals surface area contributed by atoms with Gasteiger partial charge in [0.25, 0.3) is 0 Å². The predicted molar refractivity (Wildman–Crippen MR) is 88.8 cm³/mol. The van der Waals surface area contributed by atoms with Crippen LogP contribution in [0.1, 0.15) is 52.9 Å². The molecule has 0 radical (unpaired) electrons. The van der Waals surface area contributed by atoms with E-state index in [0.29, 0.717) is 0 Å². The topological polar surface area (TPSA) is 57.5 Å². The molecule has 2 N–H and O–H groups in total. The first-order chi connectivity index (χ1) is 10.7. The van der Waals surface area contributed by atoms with Gasteiger partial charge in [0.15, 0.2) is 5.76 Å². The van der Waals surface area contributed by atoms with Crippen LogP contribution in [0.4, 0.5) is 0 Å². The Morgan fingerprint density at radius 3 is 2.52 bits per heavy atom. The van der Waals surface area contributed by atoms with Gasteiger partial charge in [-0.1, -0.05) is 32.9 Å². The van der Waals surface area contributed by atoms with Gasteiger partial charge in [-0.25, -0.2) is 0 Å². The Kier molecular flexibility index (Phi) is 2.89. The first kappa shape index (κ1) is 15.4. The lowest BCUT2D eigenvalue weighted by Gasteiger charge is -2.62. The zero-order valence-electron chi connectivity index (χ0n) is 14.4. The molecule has 5 atom stereocenters. The van der Waals surface area contributed by atoms with E-state index in [1.54, 1.807) is 6.08 Å². The number of fused-ring (bicyclic) bond motifs is 3. The summed E-state index contributed by atoms with van der Waals surface area (Å²) in [5.74, 6) is 0.467. The van der Waals surface area contributed by atoms with Crippen molar-refractivity contribution in [2.24, 2.45) is 33.5 Å². The van der Waals surface area contributed by atoms with Gasteiger partial charge < -0.3 is 10.2 Å². The highest BCUT2D eigenvalue weighted by Crippen LogP contribution is 2.70. The third-order valence-corrected chi connectivity index (χ3v) is 7.86. The molecule has 2 saturated carbocycles. The minimum Gasteiger partial charge on any atom is -0.505 e. The SMILES string of the molecule is CC1(C)C=C(O)C(=O)[C@]2(C)[C@@H]1CC[C@@]13C=C[C@@](CO)(CC[C@H]12)C3. The first-order valence-electron chi connectivity index (χ1n) is 8.97. The van der Waals surface area contributed by atoms with Crippen molar-refractivity contribution in [3.8, 4) is 0 Å². The Hall–Kier alpha value is -1.09. The highest BCUT2D eigenvalue weighted by molar-refractivity contribution is 5.99. The summed E-state index contributed by atoms with van der Waals surface area (Å²) in [5.41, 5.74) is -0.667. The van der Waals surface area contributed by atoms with Crippen LogP contribution in [-0.2, 0) is 4.79 Å². The predicted octanol–water partition coefficient (Wildman–Crippen LogP) is 3.79. The zero-order valence-corrected chi connectivity index (χ0v) is 14.4. The maximum absolute atomic E-state index is 13.1. The molecule has 0 aromatic heterocycles. The molecule has 4 aliphatic carbocycles. The van der Waals surface area contributed by atoms with Gasteiger partial charge in [0.1, 0.15) is 0 Å². The van der Waals surface area contributed by atoms with Gasteiger partial charge in [-0.05, 0) is 60.8 Å². The number of ketones is 1. The third kappa shape index (κ3) is 1.72. The normalized spacial score (nSPS) is 50.3. The molecule has 2 bridgehead atoms. The number of carbonyl (C=O) groups excluding carboxylic acids is 1. The Balaban J connectivity index is 1.82. The van der Waals surface area contributed by atoms with Crippen LogP contribution < -0.4 is 0 Å². The second-order valence-electron chi connectivity index (χ2n) is 9.41. The third-order valence-electron chi connectivity index (χ3n) is 7.86. The molecule has 0 aliphatic heterocycles.